The van der Waals surface area contributed by atoms with Crippen LogP contribution in [0.5, 0.6) is 5.75 Å². The maximum Gasteiger partial charge on any atom is 0.261 e. The van der Waals surface area contributed by atoms with Crippen LogP contribution < -0.4 is 0 Å². The third kappa shape index (κ3) is 2.38. The van der Waals surface area contributed by atoms with Crippen LogP contribution in [-0.4, -0.2) is 15.2 Å². The first kappa shape index (κ1) is 12.7. The van der Waals surface area contributed by atoms with Gasteiger partial charge in [0, 0.05) is 10.6 Å². The van der Waals surface area contributed by atoms with Crippen LogP contribution in [0.1, 0.15) is 5.56 Å². The van der Waals surface area contributed by atoms with E-state index in [4.69, 9.17) is 16.1 Å². The van der Waals surface area contributed by atoms with Crippen LogP contribution in [0.4, 0.5) is 0 Å². The van der Waals surface area contributed by atoms with E-state index in [1.807, 2.05) is 31.2 Å². The largest absolute Gasteiger partial charge is 0.507 e. The standard InChI is InChI=1S/C15H11ClN2O2/c1-9-3-2-4-10(7-9)14-17-15(20-18-14)12-6-5-11(16)8-13(12)19/h2-8,19H,1H3. The Labute approximate surface area is 120 Å². The average Bonchev–Trinajstić information content (AvgIpc) is 2.88. The molecule has 0 saturated heterocycles. The predicted octanol–water partition coefficient (Wildman–Crippen LogP) is 4.07. The molecule has 0 atom stereocenters. The molecule has 1 aromatic heterocycles. The van der Waals surface area contributed by atoms with Crippen molar-refractivity contribution in [2.45, 2.75) is 6.92 Å². The van der Waals surface area contributed by atoms with Crippen molar-refractivity contribution in [2.24, 2.45) is 0 Å². The van der Waals surface area contributed by atoms with Gasteiger partial charge in [-0.25, -0.2) is 0 Å². The average molecular weight is 287 g/mol. The van der Waals surface area contributed by atoms with Gasteiger partial charge in [0.25, 0.3) is 5.89 Å². The summed E-state index contributed by atoms with van der Waals surface area (Å²) in [6, 6.07) is 12.5. The van der Waals surface area contributed by atoms with E-state index in [9.17, 15) is 5.11 Å². The molecule has 0 amide bonds. The third-order valence-corrected chi connectivity index (χ3v) is 3.13. The Bertz CT molecular complexity index is 768. The highest BCUT2D eigenvalue weighted by Gasteiger charge is 2.14. The van der Waals surface area contributed by atoms with Crippen molar-refractivity contribution in [2.75, 3.05) is 0 Å². The zero-order chi connectivity index (χ0) is 14.1. The monoisotopic (exact) mass is 286 g/mol. The second-order valence-corrected chi connectivity index (χ2v) is 4.89. The predicted molar refractivity (Wildman–Crippen MR) is 76.6 cm³/mol. The third-order valence-electron chi connectivity index (χ3n) is 2.89. The Balaban J connectivity index is 2.02. The summed E-state index contributed by atoms with van der Waals surface area (Å²) in [6.45, 7) is 2.00. The number of halogens is 1. The number of nitrogens with zero attached hydrogens (tertiary/aromatic N) is 2. The zero-order valence-corrected chi connectivity index (χ0v) is 11.4. The quantitative estimate of drug-likeness (QED) is 0.771. The number of hydrogen-bond donors (Lipinski definition) is 1. The van der Waals surface area contributed by atoms with E-state index in [0.717, 1.165) is 11.1 Å². The van der Waals surface area contributed by atoms with E-state index in [2.05, 4.69) is 10.1 Å². The number of aromatic hydroxyl groups is 1. The van der Waals surface area contributed by atoms with E-state index >= 15 is 0 Å². The van der Waals surface area contributed by atoms with Crippen molar-refractivity contribution in [3.63, 3.8) is 0 Å². The molecule has 3 aromatic rings. The summed E-state index contributed by atoms with van der Waals surface area (Å²) in [7, 11) is 0. The van der Waals surface area contributed by atoms with Gasteiger partial charge in [0.15, 0.2) is 0 Å². The lowest BCUT2D eigenvalue weighted by Crippen LogP contribution is -1.83. The second kappa shape index (κ2) is 4.98. The molecule has 5 heteroatoms. The van der Waals surface area contributed by atoms with Crippen molar-refractivity contribution in [3.05, 3.63) is 53.1 Å². The number of benzene rings is 2. The summed E-state index contributed by atoms with van der Waals surface area (Å²) < 4.78 is 5.20. The summed E-state index contributed by atoms with van der Waals surface area (Å²) in [5.74, 6) is 0.755. The highest BCUT2D eigenvalue weighted by molar-refractivity contribution is 6.30. The molecule has 0 saturated carbocycles. The Morgan fingerprint density at radius 2 is 2.00 bits per heavy atom. The molecule has 1 heterocycles. The molecule has 2 aromatic carbocycles. The van der Waals surface area contributed by atoms with Gasteiger partial charge >= 0.3 is 0 Å². The van der Waals surface area contributed by atoms with Crippen LogP contribution in [0, 0.1) is 6.92 Å². The van der Waals surface area contributed by atoms with Gasteiger partial charge in [-0.1, -0.05) is 40.5 Å². The summed E-state index contributed by atoms with van der Waals surface area (Å²) in [5, 5.41) is 14.2. The molecule has 0 fully saturated rings. The number of aryl methyl sites for hydroxylation is 1. The van der Waals surface area contributed by atoms with Gasteiger partial charge in [0.2, 0.25) is 5.82 Å². The molecular formula is C15H11ClN2O2. The molecule has 4 nitrogen and oxygen atoms in total. The molecule has 0 aliphatic rings. The lowest BCUT2D eigenvalue weighted by molar-refractivity contribution is 0.426. The fourth-order valence-corrected chi connectivity index (χ4v) is 2.09. The van der Waals surface area contributed by atoms with Crippen molar-refractivity contribution < 1.29 is 9.63 Å². The molecule has 0 aliphatic heterocycles. The molecule has 0 spiro atoms. The Morgan fingerprint density at radius 1 is 1.15 bits per heavy atom. The van der Waals surface area contributed by atoms with E-state index < -0.39 is 0 Å². The summed E-state index contributed by atoms with van der Waals surface area (Å²) in [6.07, 6.45) is 0. The number of phenolic OH excluding ortho intramolecular Hbond substituents is 1. The van der Waals surface area contributed by atoms with E-state index in [1.165, 1.54) is 6.07 Å². The minimum atomic E-state index is 0.0111. The smallest absolute Gasteiger partial charge is 0.261 e. The van der Waals surface area contributed by atoms with E-state index in [1.54, 1.807) is 12.1 Å². The lowest BCUT2D eigenvalue weighted by atomic mass is 10.1. The first-order valence-corrected chi connectivity index (χ1v) is 6.41. The fraction of sp³-hybridized carbons (Fsp3) is 0.0667. The van der Waals surface area contributed by atoms with Gasteiger partial charge in [0.1, 0.15) is 5.75 Å². The molecule has 1 N–H and O–H groups in total. The maximum absolute atomic E-state index is 9.86. The summed E-state index contributed by atoms with van der Waals surface area (Å²) >= 11 is 5.80. The number of phenols is 1. The van der Waals surface area contributed by atoms with Gasteiger partial charge in [-0.15, -0.1) is 0 Å². The van der Waals surface area contributed by atoms with Gasteiger partial charge in [-0.3, -0.25) is 0 Å². The molecule has 0 unspecified atom stereocenters. The second-order valence-electron chi connectivity index (χ2n) is 4.45. The van der Waals surface area contributed by atoms with Crippen LogP contribution in [0.3, 0.4) is 0 Å². The van der Waals surface area contributed by atoms with Gasteiger partial charge < -0.3 is 9.63 Å². The normalized spacial score (nSPS) is 10.7. The molecule has 20 heavy (non-hydrogen) atoms. The topological polar surface area (TPSA) is 59.2 Å². The van der Waals surface area contributed by atoms with Gasteiger partial charge in [-0.05, 0) is 31.2 Å². The fourth-order valence-electron chi connectivity index (χ4n) is 1.92. The Morgan fingerprint density at radius 3 is 2.75 bits per heavy atom. The zero-order valence-electron chi connectivity index (χ0n) is 10.7. The molecule has 100 valence electrons. The number of aromatic nitrogens is 2. The number of hydrogen-bond acceptors (Lipinski definition) is 4. The van der Waals surface area contributed by atoms with E-state index in [-0.39, 0.29) is 11.6 Å². The molecule has 0 aliphatic carbocycles. The SMILES string of the molecule is Cc1cccc(-c2noc(-c3ccc(Cl)cc3O)n2)c1. The summed E-state index contributed by atoms with van der Waals surface area (Å²) in [5.41, 5.74) is 2.44. The highest BCUT2D eigenvalue weighted by Crippen LogP contribution is 2.31. The summed E-state index contributed by atoms with van der Waals surface area (Å²) in [4.78, 5) is 4.30. The Kier molecular flexibility index (Phi) is 3.16. The van der Waals surface area contributed by atoms with Crippen molar-refractivity contribution in [3.8, 4) is 28.6 Å². The van der Waals surface area contributed by atoms with Crippen LogP contribution in [0.2, 0.25) is 5.02 Å². The molecule has 0 bridgehead atoms. The minimum absolute atomic E-state index is 0.0111. The molecular weight excluding hydrogens is 276 g/mol. The number of rotatable bonds is 2. The van der Waals surface area contributed by atoms with Crippen LogP contribution in [0.25, 0.3) is 22.8 Å². The van der Waals surface area contributed by atoms with Crippen molar-refractivity contribution >= 4 is 11.6 Å². The molecule has 0 radical (unpaired) electrons. The van der Waals surface area contributed by atoms with Crippen LogP contribution in [-0.2, 0) is 0 Å². The van der Waals surface area contributed by atoms with Gasteiger partial charge in [0.05, 0.1) is 5.56 Å². The maximum atomic E-state index is 9.86. The van der Waals surface area contributed by atoms with Crippen LogP contribution in [0.15, 0.2) is 47.0 Å². The highest BCUT2D eigenvalue weighted by atomic mass is 35.5. The van der Waals surface area contributed by atoms with Gasteiger partial charge in [-0.2, -0.15) is 4.98 Å². The first-order valence-electron chi connectivity index (χ1n) is 6.03. The molecule has 3 rings (SSSR count). The van der Waals surface area contributed by atoms with E-state index in [0.29, 0.717) is 16.4 Å². The lowest BCUT2D eigenvalue weighted by Gasteiger charge is -1.99. The van der Waals surface area contributed by atoms with Crippen molar-refractivity contribution in [1.82, 2.24) is 10.1 Å². The van der Waals surface area contributed by atoms with Crippen molar-refractivity contribution in [1.29, 1.82) is 0 Å². The minimum Gasteiger partial charge on any atom is -0.507 e. The van der Waals surface area contributed by atoms with Crippen LogP contribution >= 0.6 is 11.6 Å². The Hall–Kier alpha value is -2.33. The first-order chi connectivity index (χ1) is 9.63.